The SMILES string of the molecule is O=S(=O)(O)c1ccc(Oc2cc(Br)c(Oc3ccc(S(=O)(=O)O)cc3)cc2Br)cc1. The van der Waals surface area contributed by atoms with Gasteiger partial charge in [-0.25, -0.2) is 0 Å². The van der Waals surface area contributed by atoms with Gasteiger partial charge in [-0.3, -0.25) is 9.11 Å². The van der Waals surface area contributed by atoms with Crippen LogP contribution in [0.4, 0.5) is 0 Å². The molecule has 0 aliphatic carbocycles. The highest BCUT2D eigenvalue weighted by atomic mass is 79.9. The number of benzene rings is 3. The predicted octanol–water partition coefficient (Wildman–Crippen LogP) is 5.29. The van der Waals surface area contributed by atoms with Crippen LogP contribution in [0.2, 0.25) is 0 Å². The van der Waals surface area contributed by atoms with Crippen LogP contribution in [0.15, 0.2) is 79.4 Å². The molecule has 0 radical (unpaired) electrons. The Morgan fingerprint density at radius 3 is 1.17 bits per heavy atom. The van der Waals surface area contributed by atoms with Crippen LogP contribution in [-0.2, 0) is 20.2 Å². The van der Waals surface area contributed by atoms with Crippen LogP contribution in [0.3, 0.4) is 0 Å². The second-order valence-electron chi connectivity index (χ2n) is 5.81. The standard InChI is InChI=1S/C18H12Br2O8S2/c19-15-10-18(28-12-3-7-14(8-4-12)30(24,25)26)16(20)9-17(15)27-11-1-5-13(6-2-11)29(21,22)23/h1-10H,(H,21,22,23)(H,24,25,26). The summed E-state index contributed by atoms with van der Waals surface area (Å²) in [5.74, 6) is 1.47. The maximum atomic E-state index is 11.1. The van der Waals surface area contributed by atoms with Crippen molar-refractivity contribution >= 4 is 52.1 Å². The minimum atomic E-state index is -4.29. The first-order valence-electron chi connectivity index (χ1n) is 7.93. The van der Waals surface area contributed by atoms with Gasteiger partial charge in [0.25, 0.3) is 20.2 Å². The third kappa shape index (κ3) is 5.59. The number of rotatable bonds is 6. The molecule has 0 amide bonds. The van der Waals surface area contributed by atoms with Gasteiger partial charge >= 0.3 is 0 Å². The Balaban J connectivity index is 1.80. The highest BCUT2D eigenvalue weighted by Gasteiger charge is 2.14. The molecule has 30 heavy (non-hydrogen) atoms. The fourth-order valence-corrected chi connectivity index (χ4v) is 4.05. The minimum absolute atomic E-state index is 0.251. The molecule has 0 fully saturated rings. The van der Waals surface area contributed by atoms with E-state index in [-0.39, 0.29) is 9.79 Å². The average Bonchev–Trinajstić information content (AvgIpc) is 2.65. The van der Waals surface area contributed by atoms with Crippen LogP contribution >= 0.6 is 31.9 Å². The van der Waals surface area contributed by atoms with Crippen molar-refractivity contribution < 1.29 is 35.4 Å². The maximum absolute atomic E-state index is 11.1. The van der Waals surface area contributed by atoms with E-state index in [1.165, 1.54) is 48.5 Å². The fourth-order valence-electron chi connectivity index (χ4n) is 2.28. The molecule has 2 N–H and O–H groups in total. The topological polar surface area (TPSA) is 127 Å². The normalized spacial score (nSPS) is 11.9. The van der Waals surface area contributed by atoms with Crippen molar-refractivity contribution in [3.63, 3.8) is 0 Å². The smallest absolute Gasteiger partial charge is 0.294 e. The highest BCUT2D eigenvalue weighted by Crippen LogP contribution is 2.40. The summed E-state index contributed by atoms with van der Waals surface area (Å²) in [6, 6.07) is 13.6. The Morgan fingerprint density at radius 2 is 0.900 bits per heavy atom. The van der Waals surface area contributed by atoms with Gasteiger partial charge in [0.05, 0.1) is 18.7 Å². The summed E-state index contributed by atoms with van der Waals surface area (Å²) in [5.41, 5.74) is 0. The molecule has 0 unspecified atom stereocenters. The zero-order valence-corrected chi connectivity index (χ0v) is 19.5. The largest absolute Gasteiger partial charge is 0.456 e. The first-order chi connectivity index (χ1) is 13.9. The van der Waals surface area contributed by atoms with Gasteiger partial charge in [0.15, 0.2) is 0 Å². The van der Waals surface area contributed by atoms with Crippen molar-refractivity contribution in [2.24, 2.45) is 0 Å². The fraction of sp³-hybridized carbons (Fsp3) is 0. The zero-order valence-electron chi connectivity index (χ0n) is 14.7. The van der Waals surface area contributed by atoms with E-state index in [2.05, 4.69) is 31.9 Å². The van der Waals surface area contributed by atoms with Gasteiger partial charge in [-0.05, 0) is 92.5 Å². The second-order valence-corrected chi connectivity index (χ2v) is 10.4. The van der Waals surface area contributed by atoms with Crippen molar-refractivity contribution in [1.82, 2.24) is 0 Å². The molecule has 158 valence electrons. The van der Waals surface area contributed by atoms with Gasteiger partial charge in [-0.2, -0.15) is 16.8 Å². The third-order valence-electron chi connectivity index (χ3n) is 3.69. The van der Waals surface area contributed by atoms with E-state index >= 15 is 0 Å². The number of hydrogen-bond acceptors (Lipinski definition) is 6. The van der Waals surface area contributed by atoms with Gasteiger partial charge in [-0.1, -0.05) is 0 Å². The summed E-state index contributed by atoms with van der Waals surface area (Å²) in [5, 5.41) is 0. The van der Waals surface area contributed by atoms with Crippen molar-refractivity contribution in [3.05, 3.63) is 69.6 Å². The van der Waals surface area contributed by atoms with Gasteiger partial charge in [0.1, 0.15) is 23.0 Å². The first kappa shape index (κ1) is 22.7. The van der Waals surface area contributed by atoms with Crippen LogP contribution in [-0.4, -0.2) is 25.9 Å². The second kappa shape index (κ2) is 8.65. The summed E-state index contributed by atoms with van der Waals surface area (Å²) >= 11 is 6.72. The van der Waals surface area contributed by atoms with E-state index in [4.69, 9.17) is 18.6 Å². The van der Waals surface area contributed by atoms with E-state index in [1.807, 2.05) is 0 Å². The van der Waals surface area contributed by atoms with Crippen LogP contribution < -0.4 is 9.47 Å². The zero-order chi connectivity index (χ0) is 22.1. The van der Waals surface area contributed by atoms with Gasteiger partial charge in [0, 0.05) is 0 Å². The van der Waals surface area contributed by atoms with Crippen molar-refractivity contribution in [3.8, 4) is 23.0 Å². The lowest BCUT2D eigenvalue weighted by Crippen LogP contribution is -1.97. The molecule has 0 atom stereocenters. The van der Waals surface area contributed by atoms with E-state index in [0.717, 1.165) is 0 Å². The number of ether oxygens (including phenoxy) is 2. The molecular weight excluding hydrogens is 568 g/mol. The summed E-state index contributed by atoms with van der Waals surface area (Å²) in [7, 11) is -8.58. The predicted molar refractivity (Wildman–Crippen MR) is 115 cm³/mol. The molecule has 0 spiro atoms. The molecule has 3 rings (SSSR count). The van der Waals surface area contributed by atoms with E-state index in [1.54, 1.807) is 12.1 Å². The molecule has 8 nitrogen and oxygen atoms in total. The summed E-state index contributed by atoms with van der Waals surface area (Å²) in [6.45, 7) is 0. The van der Waals surface area contributed by atoms with E-state index in [0.29, 0.717) is 31.9 Å². The van der Waals surface area contributed by atoms with Crippen molar-refractivity contribution in [1.29, 1.82) is 0 Å². The quantitative estimate of drug-likeness (QED) is 0.377. The molecule has 3 aromatic carbocycles. The molecule has 0 saturated heterocycles. The molecule has 3 aromatic rings. The molecule has 0 bridgehead atoms. The lowest BCUT2D eigenvalue weighted by atomic mass is 10.3. The lowest BCUT2D eigenvalue weighted by molar-refractivity contribution is 0.462. The van der Waals surface area contributed by atoms with Gasteiger partial charge < -0.3 is 9.47 Å². The van der Waals surface area contributed by atoms with Crippen molar-refractivity contribution in [2.75, 3.05) is 0 Å². The summed E-state index contributed by atoms with van der Waals surface area (Å²) in [6.07, 6.45) is 0. The Kier molecular flexibility index (Phi) is 6.55. The maximum Gasteiger partial charge on any atom is 0.294 e. The molecule has 12 heteroatoms. The molecule has 0 aliphatic heterocycles. The molecule has 0 heterocycles. The van der Waals surface area contributed by atoms with Crippen LogP contribution in [0.25, 0.3) is 0 Å². The first-order valence-corrected chi connectivity index (χ1v) is 12.4. The average molecular weight is 580 g/mol. The Hall–Kier alpha value is -1.96. The van der Waals surface area contributed by atoms with Crippen LogP contribution in [0.5, 0.6) is 23.0 Å². The van der Waals surface area contributed by atoms with Crippen LogP contribution in [0, 0.1) is 0 Å². The van der Waals surface area contributed by atoms with Crippen molar-refractivity contribution in [2.45, 2.75) is 9.79 Å². The Morgan fingerprint density at radius 1 is 0.600 bits per heavy atom. The van der Waals surface area contributed by atoms with E-state index in [9.17, 15) is 16.8 Å². The van der Waals surface area contributed by atoms with Crippen LogP contribution in [0.1, 0.15) is 0 Å². The lowest BCUT2D eigenvalue weighted by Gasteiger charge is -2.13. The Labute approximate surface area is 189 Å². The molecule has 0 aliphatic rings. The molecular formula is C18H12Br2O8S2. The third-order valence-corrected chi connectivity index (χ3v) is 6.66. The molecule has 0 saturated carbocycles. The summed E-state index contributed by atoms with van der Waals surface area (Å²) < 4.78 is 74.9. The van der Waals surface area contributed by atoms with E-state index < -0.39 is 20.2 Å². The molecule has 0 aromatic heterocycles. The monoisotopic (exact) mass is 578 g/mol. The minimum Gasteiger partial charge on any atom is -0.456 e. The highest BCUT2D eigenvalue weighted by molar-refractivity contribution is 9.11. The van der Waals surface area contributed by atoms with Gasteiger partial charge in [0.2, 0.25) is 0 Å². The van der Waals surface area contributed by atoms with Gasteiger partial charge in [-0.15, -0.1) is 0 Å². The summed E-state index contributed by atoms with van der Waals surface area (Å²) in [4.78, 5) is -0.502. The number of hydrogen-bond donors (Lipinski definition) is 2. The Bertz CT molecular complexity index is 1180. The number of halogens is 2.